The number of carbonyl (C=O) groups is 2. The van der Waals surface area contributed by atoms with Gasteiger partial charge in [-0.3, -0.25) is 9.59 Å². The molecule has 0 saturated carbocycles. The lowest BCUT2D eigenvalue weighted by molar-refractivity contribution is -0.146. The number of rotatable bonds is 10. The Morgan fingerprint density at radius 1 is 0.625 bits per heavy atom. The molecule has 2 rings (SSSR count). The molecular formula is C34H50O6. The van der Waals surface area contributed by atoms with Gasteiger partial charge in [-0.25, -0.2) is 0 Å². The van der Waals surface area contributed by atoms with Crippen LogP contribution < -0.4 is 0 Å². The molecule has 0 bridgehead atoms. The molecule has 40 heavy (non-hydrogen) atoms. The van der Waals surface area contributed by atoms with Crippen molar-refractivity contribution >= 4 is 11.9 Å². The molecule has 2 aromatic rings. The summed E-state index contributed by atoms with van der Waals surface area (Å²) in [4.78, 5) is 24.6. The van der Waals surface area contributed by atoms with Crippen molar-refractivity contribution in [3.8, 4) is 11.5 Å². The highest BCUT2D eigenvalue weighted by atomic mass is 16.5. The zero-order valence-electron chi connectivity index (χ0n) is 26.3. The Morgan fingerprint density at radius 3 is 1.35 bits per heavy atom. The highest BCUT2D eigenvalue weighted by molar-refractivity contribution is 5.70. The van der Waals surface area contributed by atoms with Gasteiger partial charge in [0.05, 0.1) is 13.2 Å². The van der Waals surface area contributed by atoms with Crippen LogP contribution in [0.25, 0.3) is 0 Å². The van der Waals surface area contributed by atoms with Crippen molar-refractivity contribution in [2.24, 2.45) is 0 Å². The summed E-state index contributed by atoms with van der Waals surface area (Å²) >= 11 is 0. The first-order valence-corrected chi connectivity index (χ1v) is 14.3. The number of ether oxygens (including phenoxy) is 2. The van der Waals surface area contributed by atoms with E-state index in [1.807, 2.05) is 52.0 Å². The zero-order chi connectivity index (χ0) is 30.5. The second-order valence-corrected chi connectivity index (χ2v) is 13.9. The summed E-state index contributed by atoms with van der Waals surface area (Å²) in [6.07, 6.45) is 1.97. The van der Waals surface area contributed by atoms with Crippen molar-refractivity contribution in [3.05, 3.63) is 57.6 Å². The molecule has 0 fully saturated rings. The van der Waals surface area contributed by atoms with E-state index in [1.165, 1.54) is 0 Å². The van der Waals surface area contributed by atoms with Gasteiger partial charge in [-0.15, -0.1) is 0 Å². The molecule has 0 saturated heterocycles. The van der Waals surface area contributed by atoms with E-state index in [-0.39, 0.29) is 54.2 Å². The Hall–Kier alpha value is -3.02. The molecule has 0 atom stereocenters. The summed E-state index contributed by atoms with van der Waals surface area (Å²) in [7, 11) is 0. The number of phenols is 2. The maximum Gasteiger partial charge on any atom is 0.306 e. The third-order valence-electron chi connectivity index (χ3n) is 7.00. The van der Waals surface area contributed by atoms with Gasteiger partial charge in [0.25, 0.3) is 0 Å². The van der Waals surface area contributed by atoms with E-state index in [0.717, 1.165) is 33.4 Å². The molecule has 2 aromatic carbocycles. The van der Waals surface area contributed by atoms with E-state index < -0.39 is 0 Å². The van der Waals surface area contributed by atoms with Crippen molar-refractivity contribution in [3.63, 3.8) is 0 Å². The number of phenolic OH excluding ortho intramolecular Hbond substituents is 2. The minimum Gasteiger partial charge on any atom is -0.507 e. The number of esters is 2. The first-order chi connectivity index (χ1) is 18.3. The number of aromatic hydroxyl groups is 2. The predicted octanol–water partition coefficient (Wildman–Crippen LogP) is 7.34. The highest BCUT2D eigenvalue weighted by Crippen LogP contribution is 2.40. The van der Waals surface area contributed by atoms with Crippen LogP contribution in [0.2, 0.25) is 0 Å². The molecule has 6 nitrogen and oxygen atoms in total. The predicted molar refractivity (Wildman–Crippen MR) is 160 cm³/mol. The van der Waals surface area contributed by atoms with E-state index in [2.05, 4.69) is 41.5 Å². The summed E-state index contributed by atoms with van der Waals surface area (Å²) < 4.78 is 10.7. The van der Waals surface area contributed by atoms with Gasteiger partial charge in [0.15, 0.2) is 0 Å². The van der Waals surface area contributed by atoms with Crippen molar-refractivity contribution < 1.29 is 29.3 Å². The van der Waals surface area contributed by atoms with Gasteiger partial charge in [-0.2, -0.15) is 0 Å². The Kier molecular flexibility index (Phi) is 10.9. The molecule has 222 valence electrons. The molecule has 0 aromatic heterocycles. The topological polar surface area (TPSA) is 93.1 Å². The third kappa shape index (κ3) is 9.57. The standard InChI is InChI=1S/C34H50O6/c1-22-18-23(19-25(30(22)37)32(2,3)4)12-14-28(35)39-16-11-17-40-29(36)15-13-24-20-26(33(5,6)7)31(38)27(21-24)34(8,9)10/h18-21,37-38H,11-17H2,1-10H3. The molecule has 2 N–H and O–H groups in total. The van der Waals surface area contributed by atoms with Crippen molar-refractivity contribution in [1.29, 1.82) is 0 Å². The van der Waals surface area contributed by atoms with E-state index >= 15 is 0 Å². The van der Waals surface area contributed by atoms with Crippen LogP contribution in [0.3, 0.4) is 0 Å². The molecule has 0 unspecified atom stereocenters. The number of carbonyl (C=O) groups excluding carboxylic acids is 2. The molecule has 0 aliphatic rings. The Morgan fingerprint density at radius 2 is 0.975 bits per heavy atom. The van der Waals surface area contributed by atoms with Gasteiger partial charge >= 0.3 is 11.9 Å². The van der Waals surface area contributed by atoms with E-state index in [1.54, 1.807) is 0 Å². The molecule has 0 heterocycles. The molecule has 0 aliphatic carbocycles. The van der Waals surface area contributed by atoms with Crippen molar-refractivity contribution in [2.45, 2.75) is 118 Å². The number of hydrogen-bond donors (Lipinski definition) is 2. The van der Waals surface area contributed by atoms with E-state index in [4.69, 9.17) is 9.47 Å². The highest BCUT2D eigenvalue weighted by Gasteiger charge is 2.26. The second-order valence-electron chi connectivity index (χ2n) is 13.9. The summed E-state index contributed by atoms with van der Waals surface area (Å²) in [5.74, 6) is 0.0341. The number of aryl methyl sites for hydroxylation is 3. The van der Waals surface area contributed by atoms with Gasteiger partial charge < -0.3 is 19.7 Å². The molecule has 0 radical (unpaired) electrons. The normalized spacial score (nSPS) is 12.3. The summed E-state index contributed by atoms with van der Waals surface area (Å²) in [5.41, 5.74) is 4.76. The minimum absolute atomic E-state index is 0.189. The maximum atomic E-state index is 12.4. The number of benzene rings is 2. The first-order valence-electron chi connectivity index (χ1n) is 14.3. The third-order valence-corrected chi connectivity index (χ3v) is 7.00. The Labute approximate surface area is 241 Å². The van der Waals surface area contributed by atoms with Crippen LogP contribution in [0.1, 0.15) is 115 Å². The fourth-order valence-corrected chi connectivity index (χ4v) is 4.62. The average Bonchev–Trinajstić information content (AvgIpc) is 2.81. The van der Waals surface area contributed by atoms with Crippen LogP contribution in [-0.2, 0) is 48.1 Å². The largest absolute Gasteiger partial charge is 0.507 e. The van der Waals surface area contributed by atoms with Gasteiger partial charge in [-0.05, 0) is 69.4 Å². The Balaban J connectivity index is 1.79. The first kappa shape index (κ1) is 33.2. The smallest absolute Gasteiger partial charge is 0.306 e. The quantitative estimate of drug-likeness (QED) is 0.236. The van der Waals surface area contributed by atoms with E-state index in [9.17, 15) is 19.8 Å². The van der Waals surface area contributed by atoms with Crippen LogP contribution in [-0.4, -0.2) is 35.4 Å². The lowest BCUT2D eigenvalue weighted by atomic mass is 9.78. The van der Waals surface area contributed by atoms with Crippen LogP contribution in [0.15, 0.2) is 24.3 Å². The summed E-state index contributed by atoms with van der Waals surface area (Å²) in [6, 6.07) is 7.84. The van der Waals surface area contributed by atoms with Crippen LogP contribution >= 0.6 is 0 Å². The monoisotopic (exact) mass is 554 g/mol. The lowest BCUT2D eigenvalue weighted by Crippen LogP contribution is -2.18. The average molecular weight is 555 g/mol. The van der Waals surface area contributed by atoms with Gasteiger partial charge in [-0.1, -0.05) is 86.6 Å². The fraction of sp³-hybridized carbons (Fsp3) is 0.588. The molecule has 6 heteroatoms. The molecule has 0 spiro atoms. The second kappa shape index (κ2) is 13.1. The fourth-order valence-electron chi connectivity index (χ4n) is 4.62. The SMILES string of the molecule is Cc1cc(CCC(=O)OCCCOC(=O)CCc2cc(C(C)(C)C)c(O)c(C(C)(C)C)c2)cc(C(C)(C)C)c1O. The maximum absolute atomic E-state index is 12.4. The summed E-state index contributed by atoms with van der Waals surface area (Å²) in [6.45, 7) is 20.8. The number of hydrogen-bond acceptors (Lipinski definition) is 6. The summed E-state index contributed by atoms with van der Waals surface area (Å²) in [5, 5.41) is 21.3. The van der Waals surface area contributed by atoms with Gasteiger partial charge in [0, 0.05) is 19.3 Å². The van der Waals surface area contributed by atoms with Crippen LogP contribution in [0.4, 0.5) is 0 Å². The Bertz CT molecular complexity index is 1150. The van der Waals surface area contributed by atoms with Crippen molar-refractivity contribution in [2.75, 3.05) is 13.2 Å². The molecule has 0 aliphatic heterocycles. The van der Waals surface area contributed by atoms with Crippen LogP contribution in [0, 0.1) is 6.92 Å². The van der Waals surface area contributed by atoms with Crippen molar-refractivity contribution in [1.82, 2.24) is 0 Å². The molecular weight excluding hydrogens is 504 g/mol. The lowest BCUT2D eigenvalue weighted by Gasteiger charge is -2.28. The zero-order valence-corrected chi connectivity index (χ0v) is 26.3. The van der Waals surface area contributed by atoms with Gasteiger partial charge in [0.1, 0.15) is 11.5 Å². The van der Waals surface area contributed by atoms with Gasteiger partial charge in [0.2, 0.25) is 0 Å². The minimum atomic E-state index is -0.300. The van der Waals surface area contributed by atoms with E-state index in [0.29, 0.717) is 30.8 Å². The molecule has 0 amide bonds. The van der Waals surface area contributed by atoms with Crippen LogP contribution in [0.5, 0.6) is 11.5 Å².